The largest absolute Gasteiger partial charge is 0.464 e. The van der Waals surface area contributed by atoms with Gasteiger partial charge >= 0.3 is 6.18 Å². The minimum atomic E-state index is -4.37. The van der Waals surface area contributed by atoms with E-state index in [1.54, 1.807) is 12.3 Å². The standard InChI is InChI=1S/C13H15F3O2S/c1-19-12-9(13(14,15)16)5-4-6-10(12)18-11-7-2-3-8-17-11/h4-6,11H,2-3,7-8H2,1H3. The van der Waals surface area contributed by atoms with Gasteiger partial charge < -0.3 is 9.47 Å². The smallest absolute Gasteiger partial charge is 0.417 e. The van der Waals surface area contributed by atoms with Gasteiger partial charge in [0.15, 0.2) is 6.29 Å². The molecule has 2 rings (SSSR count). The first-order valence-electron chi connectivity index (χ1n) is 6.05. The lowest BCUT2D eigenvalue weighted by Crippen LogP contribution is -2.25. The molecule has 1 aromatic carbocycles. The van der Waals surface area contributed by atoms with Crippen molar-refractivity contribution in [3.63, 3.8) is 0 Å². The van der Waals surface area contributed by atoms with E-state index in [0.29, 0.717) is 13.0 Å². The third kappa shape index (κ3) is 3.57. The van der Waals surface area contributed by atoms with Crippen molar-refractivity contribution >= 4 is 11.8 Å². The van der Waals surface area contributed by atoms with Gasteiger partial charge in [-0.15, -0.1) is 11.8 Å². The summed E-state index contributed by atoms with van der Waals surface area (Å²) in [6.45, 7) is 0.595. The molecule has 0 aliphatic carbocycles. The highest BCUT2D eigenvalue weighted by atomic mass is 32.2. The molecule has 1 unspecified atom stereocenters. The van der Waals surface area contributed by atoms with E-state index in [1.807, 2.05) is 0 Å². The average molecular weight is 292 g/mol. The molecule has 0 N–H and O–H groups in total. The first-order valence-corrected chi connectivity index (χ1v) is 7.27. The Labute approximate surface area is 114 Å². The predicted octanol–water partition coefficient (Wildman–Crippen LogP) is 4.33. The van der Waals surface area contributed by atoms with Crippen molar-refractivity contribution in [2.45, 2.75) is 36.6 Å². The average Bonchev–Trinajstić information content (AvgIpc) is 2.38. The van der Waals surface area contributed by atoms with Gasteiger partial charge in [0.2, 0.25) is 0 Å². The van der Waals surface area contributed by atoms with E-state index in [9.17, 15) is 13.2 Å². The predicted molar refractivity (Wildman–Crippen MR) is 67.4 cm³/mol. The molecular formula is C13H15F3O2S. The molecule has 0 saturated carbocycles. The normalized spacial score (nSPS) is 20.3. The summed E-state index contributed by atoms with van der Waals surface area (Å²) in [6.07, 6.45) is -0.548. The van der Waals surface area contributed by atoms with Gasteiger partial charge in [-0.05, 0) is 31.2 Å². The maximum Gasteiger partial charge on any atom is 0.417 e. The van der Waals surface area contributed by atoms with Crippen LogP contribution in [0.1, 0.15) is 24.8 Å². The molecule has 6 heteroatoms. The third-order valence-corrected chi connectivity index (χ3v) is 3.71. The number of hydrogen-bond acceptors (Lipinski definition) is 3. The SMILES string of the molecule is CSc1c(OC2CCCCO2)cccc1C(F)(F)F. The molecule has 0 amide bonds. The number of alkyl halides is 3. The Morgan fingerprint density at radius 2 is 2.11 bits per heavy atom. The van der Waals surface area contributed by atoms with E-state index in [0.717, 1.165) is 30.7 Å². The second-order valence-corrected chi connectivity index (χ2v) is 5.07. The number of thioether (sulfide) groups is 1. The number of rotatable bonds is 3. The van der Waals surface area contributed by atoms with Crippen LogP contribution in [0.4, 0.5) is 13.2 Å². The molecule has 2 nitrogen and oxygen atoms in total. The molecular weight excluding hydrogens is 277 g/mol. The fraction of sp³-hybridized carbons (Fsp3) is 0.538. The minimum Gasteiger partial charge on any atom is -0.464 e. The Kier molecular flexibility index (Phi) is 4.62. The van der Waals surface area contributed by atoms with Gasteiger partial charge in [-0.1, -0.05) is 6.07 Å². The van der Waals surface area contributed by atoms with E-state index in [1.165, 1.54) is 6.07 Å². The molecule has 1 fully saturated rings. The molecule has 0 bridgehead atoms. The highest BCUT2D eigenvalue weighted by Gasteiger charge is 2.34. The van der Waals surface area contributed by atoms with Crippen LogP contribution < -0.4 is 4.74 Å². The molecule has 0 spiro atoms. The van der Waals surface area contributed by atoms with Crippen molar-refractivity contribution in [2.24, 2.45) is 0 Å². The molecule has 1 heterocycles. The van der Waals surface area contributed by atoms with Crippen LogP contribution in [0.3, 0.4) is 0 Å². The molecule has 1 aromatic rings. The van der Waals surface area contributed by atoms with E-state index < -0.39 is 18.0 Å². The summed E-state index contributed by atoms with van der Waals surface area (Å²) >= 11 is 1.04. The fourth-order valence-electron chi connectivity index (χ4n) is 1.99. The maximum atomic E-state index is 12.9. The summed E-state index contributed by atoms with van der Waals surface area (Å²) < 4.78 is 49.6. The fourth-order valence-corrected chi connectivity index (χ4v) is 2.71. The van der Waals surface area contributed by atoms with Crippen LogP contribution in [-0.4, -0.2) is 19.2 Å². The first-order chi connectivity index (χ1) is 9.02. The van der Waals surface area contributed by atoms with Gasteiger partial charge in [-0.25, -0.2) is 0 Å². The highest BCUT2D eigenvalue weighted by Crippen LogP contribution is 2.41. The quantitative estimate of drug-likeness (QED) is 0.772. The second kappa shape index (κ2) is 6.05. The Hall–Kier alpha value is -0.880. The molecule has 106 valence electrons. The lowest BCUT2D eigenvalue weighted by molar-refractivity contribution is -0.141. The van der Waals surface area contributed by atoms with Gasteiger partial charge in [-0.3, -0.25) is 0 Å². The molecule has 0 aromatic heterocycles. The summed E-state index contributed by atoms with van der Waals surface area (Å²) in [4.78, 5) is 0.115. The summed E-state index contributed by atoms with van der Waals surface area (Å²) in [7, 11) is 0. The van der Waals surface area contributed by atoms with Crippen molar-refractivity contribution in [3.05, 3.63) is 23.8 Å². The van der Waals surface area contributed by atoms with Crippen molar-refractivity contribution in [1.29, 1.82) is 0 Å². The highest BCUT2D eigenvalue weighted by molar-refractivity contribution is 7.98. The minimum absolute atomic E-state index is 0.115. The number of halogens is 3. The van der Waals surface area contributed by atoms with E-state index in [2.05, 4.69) is 0 Å². The lowest BCUT2D eigenvalue weighted by atomic mass is 10.2. The van der Waals surface area contributed by atoms with Gasteiger partial charge in [0.1, 0.15) is 5.75 Å². The molecule has 0 radical (unpaired) electrons. The first kappa shape index (κ1) is 14.5. The van der Waals surface area contributed by atoms with Crippen LogP contribution in [0, 0.1) is 0 Å². The zero-order valence-electron chi connectivity index (χ0n) is 10.5. The van der Waals surface area contributed by atoms with Gasteiger partial charge in [0.05, 0.1) is 17.1 Å². The van der Waals surface area contributed by atoms with Crippen LogP contribution in [-0.2, 0) is 10.9 Å². The molecule has 1 saturated heterocycles. The second-order valence-electron chi connectivity index (χ2n) is 4.25. The Bertz CT molecular complexity index is 428. The number of hydrogen-bond donors (Lipinski definition) is 0. The zero-order chi connectivity index (χ0) is 13.9. The van der Waals surface area contributed by atoms with Crippen LogP contribution in [0.25, 0.3) is 0 Å². The summed E-state index contributed by atoms with van der Waals surface area (Å²) in [6, 6.07) is 3.99. The third-order valence-electron chi connectivity index (χ3n) is 2.88. The molecule has 1 aliphatic heterocycles. The van der Waals surface area contributed by atoms with Gasteiger partial charge in [-0.2, -0.15) is 13.2 Å². The van der Waals surface area contributed by atoms with Crippen LogP contribution in [0.5, 0.6) is 5.75 Å². The molecule has 1 atom stereocenters. The Morgan fingerprint density at radius 1 is 1.32 bits per heavy atom. The summed E-state index contributed by atoms with van der Waals surface area (Å²) in [5, 5.41) is 0. The Morgan fingerprint density at radius 3 is 2.68 bits per heavy atom. The Balaban J connectivity index is 2.24. The van der Waals surface area contributed by atoms with E-state index >= 15 is 0 Å². The van der Waals surface area contributed by atoms with Crippen LogP contribution >= 0.6 is 11.8 Å². The number of benzene rings is 1. The van der Waals surface area contributed by atoms with Gasteiger partial charge in [0, 0.05) is 6.42 Å². The maximum absolute atomic E-state index is 12.9. The van der Waals surface area contributed by atoms with Crippen molar-refractivity contribution < 1.29 is 22.6 Å². The van der Waals surface area contributed by atoms with Crippen molar-refractivity contribution in [2.75, 3.05) is 12.9 Å². The van der Waals surface area contributed by atoms with E-state index in [4.69, 9.17) is 9.47 Å². The summed E-state index contributed by atoms with van der Waals surface area (Å²) in [5.41, 5.74) is -0.659. The topological polar surface area (TPSA) is 18.5 Å². The van der Waals surface area contributed by atoms with Crippen molar-refractivity contribution in [3.8, 4) is 5.75 Å². The lowest BCUT2D eigenvalue weighted by Gasteiger charge is -2.25. The summed E-state index contributed by atoms with van der Waals surface area (Å²) in [5.74, 6) is 0.245. The van der Waals surface area contributed by atoms with Crippen LogP contribution in [0.2, 0.25) is 0 Å². The van der Waals surface area contributed by atoms with Crippen molar-refractivity contribution in [1.82, 2.24) is 0 Å². The zero-order valence-corrected chi connectivity index (χ0v) is 11.3. The van der Waals surface area contributed by atoms with Crippen LogP contribution in [0.15, 0.2) is 23.1 Å². The van der Waals surface area contributed by atoms with E-state index in [-0.39, 0.29) is 10.6 Å². The molecule has 1 aliphatic rings. The molecule has 19 heavy (non-hydrogen) atoms. The van der Waals surface area contributed by atoms with Gasteiger partial charge in [0.25, 0.3) is 0 Å². The number of ether oxygens (including phenoxy) is 2. The monoisotopic (exact) mass is 292 g/mol.